The van der Waals surface area contributed by atoms with Gasteiger partial charge in [0.2, 0.25) is 5.91 Å². The molecule has 1 heterocycles. The quantitative estimate of drug-likeness (QED) is 0.685. The predicted molar refractivity (Wildman–Crippen MR) is 91.8 cm³/mol. The first-order valence-corrected chi connectivity index (χ1v) is 8.13. The second-order valence-electron chi connectivity index (χ2n) is 5.36. The van der Waals surface area contributed by atoms with Crippen LogP contribution in [0.2, 0.25) is 5.02 Å². The lowest BCUT2D eigenvalue weighted by Gasteiger charge is -2.08. The first-order valence-electron chi connectivity index (χ1n) is 7.75. The third-order valence-corrected chi connectivity index (χ3v) is 3.77. The summed E-state index contributed by atoms with van der Waals surface area (Å²) >= 11 is 5.82. The topological polar surface area (TPSA) is 81.9 Å². The molecular formula is C17H15ClFN5O2. The minimum Gasteiger partial charge on any atom is -0.486 e. The van der Waals surface area contributed by atoms with Gasteiger partial charge in [-0.25, -0.2) is 9.07 Å². The van der Waals surface area contributed by atoms with E-state index in [0.717, 1.165) is 0 Å². The molecule has 26 heavy (non-hydrogen) atoms. The highest BCUT2D eigenvalue weighted by Gasteiger charge is 2.12. The number of nitrogens with one attached hydrogen (secondary N) is 1. The average Bonchev–Trinajstić information content (AvgIpc) is 3.07. The van der Waals surface area contributed by atoms with Crippen LogP contribution in [0.1, 0.15) is 11.4 Å². The SMILES string of the molecule is O=C(Cn1nnnc1COc1ccc(Cl)cc1)NCc1ccccc1F. The van der Waals surface area contributed by atoms with E-state index in [1.165, 1.54) is 10.7 Å². The molecular weight excluding hydrogens is 361 g/mol. The van der Waals surface area contributed by atoms with Crippen molar-refractivity contribution in [3.8, 4) is 5.75 Å². The summed E-state index contributed by atoms with van der Waals surface area (Å²) in [5.41, 5.74) is 0.406. The Hall–Kier alpha value is -3.00. The Morgan fingerprint density at radius 2 is 1.96 bits per heavy atom. The number of ether oxygens (including phenoxy) is 1. The van der Waals surface area contributed by atoms with Gasteiger partial charge in [0.05, 0.1) is 0 Å². The van der Waals surface area contributed by atoms with E-state index in [1.807, 2.05) is 0 Å². The molecule has 0 saturated heterocycles. The summed E-state index contributed by atoms with van der Waals surface area (Å²) in [6.45, 7) is 0.0836. The van der Waals surface area contributed by atoms with E-state index in [1.54, 1.807) is 42.5 Å². The summed E-state index contributed by atoms with van der Waals surface area (Å²) in [5, 5.41) is 14.4. The maximum atomic E-state index is 13.6. The predicted octanol–water partition coefficient (Wildman–Crippen LogP) is 2.36. The first-order chi connectivity index (χ1) is 12.6. The van der Waals surface area contributed by atoms with Crippen molar-refractivity contribution < 1.29 is 13.9 Å². The van der Waals surface area contributed by atoms with Gasteiger partial charge in [-0.05, 0) is 40.8 Å². The van der Waals surface area contributed by atoms with E-state index in [-0.39, 0.29) is 31.4 Å². The zero-order valence-corrected chi connectivity index (χ0v) is 14.4. The monoisotopic (exact) mass is 375 g/mol. The Morgan fingerprint density at radius 3 is 2.73 bits per heavy atom. The van der Waals surface area contributed by atoms with Crippen LogP contribution < -0.4 is 10.1 Å². The largest absolute Gasteiger partial charge is 0.486 e. The van der Waals surface area contributed by atoms with Crippen LogP contribution in [0.4, 0.5) is 4.39 Å². The number of carbonyl (C=O) groups excluding carboxylic acids is 1. The van der Waals surface area contributed by atoms with Gasteiger partial charge in [0.15, 0.2) is 5.82 Å². The number of hydrogen-bond donors (Lipinski definition) is 1. The van der Waals surface area contributed by atoms with Gasteiger partial charge in [-0.15, -0.1) is 5.10 Å². The van der Waals surface area contributed by atoms with Crippen molar-refractivity contribution in [1.29, 1.82) is 0 Å². The second kappa shape index (κ2) is 8.39. The standard InChI is InChI=1S/C17H15ClFN5O2/c18-13-5-7-14(8-6-13)26-11-16-21-22-23-24(16)10-17(25)20-9-12-3-1-2-4-15(12)19/h1-8H,9-11H2,(H,20,25). The van der Waals surface area contributed by atoms with Crippen LogP contribution in [0, 0.1) is 5.82 Å². The number of amides is 1. The van der Waals surface area contributed by atoms with Crippen LogP contribution in [0.25, 0.3) is 0 Å². The lowest BCUT2D eigenvalue weighted by atomic mass is 10.2. The van der Waals surface area contributed by atoms with Gasteiger partial charge in [0.25, 0.3) is 0 Å². The number of carbonyl (C=O) groups is 1. The Labute approximate surface area is 153 Å². The zero-order chi connectivity index (χ0) is 18.4. The molecule has 1 aromatic heterocycles. The Balaban J connectivity index is 1.53. The molecule has 0 unspecified atom stereocenters. The first kappa shape index (κ1) is 17.8. The van der Waals surface area contributed by atoms with Crippen LogP contribution in [-0.4, -0.2) is 26.1 Å². The highest BCUT2D eigenvalue weighted by atomic mass is 35.5. The molecule has 0 fully saturated rings. The lowest BCUT2D eigenvalue weighted by Crippen LogP contribution is -2.28. The summed E-state index contributed by atoms with van der Waals surface area (Å²) in [6, 6.07) is 13.1. The fourth-order valence-corrected chi connectivity index (χ4v) is 2.28. The highest BCUT2D eigenvalue weighted by Crippen LogP contribution is 2.16. The van der Waals surface area contributed by atoms with Crippen LogP contribution in [0.3, 0.4) is 0 Å². The molecule has 1 amide bonds. The van der Waals surface area contributed by atoms with E-state index in [9.17, 15) is 9.18 Å². The normalized spacial score (nSPS) is 10.5. The maximum absolute atomic E-state index is 13.6. The molecule has 0 spiro atoms. The van der Waals surface area contributed by atoms with Crippen molar-refractivity contribution in [2.45, 2.75) is 19.7 Å². The molecule has 0 aliphatic heterocycles. The van der Waals surface area contributed by atoms with E-state index >= 15 is 0 Å². The molecule has 2 aromatic carbocycles. The van der Waals surface area contributed by atoms with Crippen LogP contribution in [-0.2, 0) is 24.5 Å². The van der Waals surface area contributed by atoms with Crippen LogP contribution >= 0.6 is 11.6 Å². The molecule has 0 aliphatic carbocycles. The number of benzene rings is 2. The van der Waals surface area contributed by atoms with Gasteiger partial charge in [0, 0.05) is 17.1 Å². The Bertz CT molecular complexity index is 885. The fraction of sp³-hybridized carbons (Fsp3) is 0.176. The molecule has 1 N–H and O–H groups in total. The molecule has 3 rings (SSSR count). The van der Waals surface area contributed by atoms with Crippen molar-refractivity contribution in [2.24, 2.45) is 0 Å². The Morgan fingerprint density at radius 1 is 1.19 bits per heavy atom. The summed E-state index contributed by atoms with van der Waals surface area (Å²) in [5.74, 6) is 0.287. The second-order valence-corrected chi connectivity index (χ2v) is 5.80. The van der Waals surface area contributed by atoms with E-state index in [4.69, 9.17) is 16.3 Å². The van der Waals surface area contributed by atoms with Crippen molar-refractivity contribution in [1.82, 2.24) is 25.5 Å². The number of halogens is 2. The van der Waals surface area contributed by atoms with Crippen molar-refractivity contribution in [2.75, 3.05) is 0 Å². The van der Waals surface area contributed by atoms with Gasteiger partial charge in [-0.2, -0.15) is 0 Å². The molecule has 0 aliphatic rings. The minimum atomic E-state index is -0.368. The number of nitrogens with zero attached hydrogens (tertiary/aromatic N) is 4. The number of hydrogen-bond acceptors (Lipinski definition) is 5. The average molecular weight is 376 g/mol. The zero-order valence-electron chi connectivity index (χ0n) is 13.6. The number of rotatable bonds is 7. The smallest absolute Gasteiger partial charge is 0.242 e. The molecule has 0 saturated carbocycles. The van der Waals surface area contributed by atoms with Gasteiger partial charge in [-0.1, -0.05) is 29.8 Å². The lowest BCUT2D eigenvalue weighted by molar-refractivity contribution is -0.122. The van der Waals surface area contributed by atoms with Crippen LogP contribution in [0.5, 0.6) is 5.75 Å². The number of aromatic nitrogens is 4. The van der Waals surface area contributed by atoms with Gasteiger partial charge >= 0.3 is 0 Å². The summed E-state index contributed by atoms with van der Waals surface area (Å²) in [7, 11) is 0. The summed E-state index contributed by atoms with van der Waals surface area (Å²) in [4.78, 5) is 12.1. The summed E-state index contributed by atoms with van der Waals surface area (Å²) in [6.07, 6.45) is 0. The van der Waals surface area contributed by atoms with E-state index in [2.05, 4.69) is 20.8 Å². The van der Waals surface area contributed by atoms with Crippen molar-refractivity contribution in [3.05, 3.63) is 70.8 Å². The minimum absolute atomic E-state index is 0.0875. The van der Waals surface area contributed by atoms with Gasteiger partial charge < -0.3 is 10.1 Å². The third kappa shape index (κ3) is 4.76. The van der Waals surface area contributed by atoms with E-state index in [0.29, 0.717) is 22.2 Å². The van der Waals surface area contributed by atoms with E-state index < -0.39 is 0 Å². The molecule has 0 atom stereocenters. The maximum Gasteiger partial charge on any atom is 0.242 e. The Kier molecular flexibility index (Phi) is 5.75. The van der Waals surface area contributed by atoms with Gasteiger partial charge in [0.1, 0.15) is 24.7 Å². The van der Waals surface area contributed by atoms with Crippen molar-refractivity contribution in [3.63, 3.8) is 0 Å². The molecule has 3 aromatic rings. The summed E-state index contributed by atoms with van der Waals surface area (Å²) < 4.78 is 20.4. The molecule has 7 nitrogen and oxygen atoms in total. The van der Waals surface area contributed by atoms with Gasteiger partial charge in [-0.3, -0.25) is 4.79 Å². The number of tetrazole rings is 1. The molecule has 0 radical (unpaired) electrons. The van der Waals surface area contributed by atoms with Crippen LogP contribution in [0.15, 0.2) is 48.5 Å². The van der Waals surface area contributed by atoms with Crippen molar-refractivity contribution >= 4 is 17.5 Å². The highest BCUT2D eigenvalue weighted by molar-refractivity contribution is 6.30. The fourth-order valence-electron chi connectivity index (χ4n) is 2.16. The molecule has 134 valence electrons. The molecule has 9 heteroatoms. The molecule has 0 bridgehead atoms. The third-order valence-electron chi connectivity index (χ3n) is 3.51.